The van der Waals surface area contributed by atoms with E-state index in [1.54, 1.807) is 0 Å². The molecule has 1 atom stereocenters. The average Bonchev–Trinajstić information content (AvgIpc) is 2.72. The molecule has 0 saturated carbocycles. The molecule has 1 aliphatic rings. The Morgan fingerprint density at radius 3 is 3.00 bits per heavy atom. The molecule has 0 N–H and O–H groups in total. The average molecular weight is 239 g/mol. The SMILES string of the molecule is CC(Cl)CCN(C)c1ccc2c(n1)CCC2. The number of pyridine rings is 1. The van der Waals surface area contributed by atoms with Crippen LogP contribution >= 0.6 is 11.6 Å². The van der Waals surface area contributed by atoms with Crippen molar-refractivity contribution in [3.05, 3.63) is 23.4 Å². The lowest BCUT2D eigenvalue weighted by Gasteiger charge is -2.19. The number of anilines is 1. The van der Waals surface area contributed by atoms with Gasteiger partial charge in [0.25, 0.3) is 0 Å². The molecule has 1 aromatic heterocycles. The standard InChI is InChI=1S/C13H19ClN2/c1-10(14)8-9-16(2)13-7-6-11-4-3-5-12(11)15-13/h6-7,10H,3-5,8-9H2,1-2H3. The normalized spacial score (nSPS) is 15.9. The zero-order chi connectivity index (χ0) is 11.5. The number of aryl methyl sites for hydroxylation is 2. The smallest absolute Gasteiger partial charge is 0.128 e. The summed E-state index contributed by atoms with van der Waals surface area (Å²) in [6.45, 7) is 3.00. The molecule has 0 spiro atoms. The van der Waals surface area contributed by atoms with Crippen molar-refractivity contribution in [1.29, 1.82) is 0 Å². The molecular weight excluding hydrogens is 220 g/mol. The fraction of sp³-hybridized carbons (Fsp3) is 0.615. The van der Waals surface area contributed by atoms with Crippen LogP contribution in [-0.4, -0.2) is 24.0 Å². The van der Waals surface area contributed by atoms with Crippen LogP contribution in [0.4, 0.5) is 5.82 Å². The number of rotatable bonds is 4. The summed E-state index contributed by atoms with van der Waals surface area (Å²) in [7, 11) is 2.09. The first-order valence-corrected chi connectivity index (χ1v) is 6.44. The van der Waals surface area contributed by atoms with E-state index < -0.39 is 0 Å². The minimum Gasteiger partial charge on any atom is -0.360 e. The van der Waals surface area contributed by atoms with Crippen molar-refractivity contribution in [2.45, 2.75) is 38.0 Å². The molecular formula is C13H19ClN2. The monoisotopic (exact) mass is 238 g/mol. The van der Waals surface area contributed by atoms with Crippen LogP contribution in [0.25, 0.3) is 0 Å². The van der Waals surface area contributed by atoms with E-state index in [0.29, 0.717) is 0 Å². The van der Waals surface area contributed by atoms with Crippen LogP contribution in [-0.2, 0) is 12.8 Å². The third-order valence-corrected chi connectivity index (χ3v) is 3.39. The molecule has 1 heterocycles. The van der Waals surface area contributed by atoms with Crippen molar-refractivity contribution < 1.29 is 0 Å². The molecule has 3 heteroatoms. The van der Waals surface area contributed by atoms with Crippen LogP contribution in [0, 0.1) is 0 Å². The van der Waals surface area contributed by atoms with Crippen LogP contribution < -0.4 is 4.90 Å². The number of alkyl halides is 1. The number of fused-ring (bicyclic) bond motifs is 1. The van der Waals surface area contributed by atoms with Crippen molar-refractivity contribution in [2.24, 2.45) is 0 Å². The second kappa shape index (κ2) is 5.05. The van der Waals surface area contributed by atoms with Crippen LogP contribution in [0.3, 0.4) is 0 Å². The first-order chi connectivity index (χ1) is 7.66. The quantitative estimate of drug-likeness (QED) is 0.750. The zero-order valence-electron chi connectivity index (χ0n) is 10.0. The lowest BCUT2D eigenvalue weighted by atomic mass is 10.2. The Kier molecular flexibility index (Phi) is 3.70. The van der Waals surface area contributed by atoms with Gasteiger partial charge in [0.15, 0.2) is 0 Å². The summed E-state index contributed by atoms with van der Waals surface area (Å²) in [4.78, 5) is 6.91. The Morgan fingerprint density at radius 2 is 2.25 bits per heavy atom. The summed E-state index contributed by atoms with van der Waals surface area (Å²) in [5.74, 6) is 1.08. The summed E-state index contributed by atoms with van der Waals surface area (Å²) < 4.78 is 0. The number of aromatic nitrogens is 1. The Bertz CT molecular complexity index is 363. The minimum absolute atomic E-state index is 0.233. The van der Waals surface area contributed by atoms with Crippen LogP contribution in [0.15, 0.2) is 12.1 Å². The van der Waals surface area contributed by atoms with Crippen LogP contribution in [0.2, 0.25) is 0 Å². The highest BCUT2D eigenvalue weighted by molar-refractivity contribution is 6.20. The first kappa shape index (κ1) is 11.7. The lowest BCUT2D eigenvalue weighted by molar-refractivity contribution is 0.763. The molecule has 1 aromatic rings. The molecule has 0 aliphatic heterocycles. The Labute approximate surface area is 103 Å². The molecule has 0 aromatic carbocycles. The molecule has 2 nitrogen and oxygen atoms in total. The fourth-order valence-corrected chi connectivity index (χ4v) is 2.21. The second-order valence-corrected chi connectivity index (χ2v) is 5.36. The Balaban J connectivity index is 2.03. The zero-order valence-corrected chi connectivity index (χ0v) is 10.8. The Hall–Kier alpha value is -0.760. The summed E-state index contributed by atoms with van der Waals surface area (Å²) >= 11 is 5.96. The maximum atomic E-state index is 5.96. The maximum absolute atomic E-state index is 5.96. The van der Waals surface area contributed by atoms with Gasteiger partial charge >= 0.3 is 0 Å². The number of hydrogen-bond donors (Lipinski definition) is 0. The van der Waals surface area contributed by atoms with E-state index >= 15 is 0 Å². The van der Waals surface area contributed by atoms with E-state index in [1.165, 1.54) is 24.1 Å². The fourth-order valence-electron chi connectivity index (χ4n) is 2.11. The summed E-state index contributed by atoms with van der Waals surface area (Å²) in [5.41, 5.74) is 2.73. The topological polar surface area (TPSA) is 16.1 Å². The summed E-state index contributed by atoms with van der Waals surface area (Å²) in [6.07, 6.45) is 4.60. The number of halogens is 1. The highest BCUT2D eigenvalue weighted by Crippen LogP contribution is 2.23. The molecule has 0 saturated heterocycles. The maximum Gasteiger partial charge on any atom is 0.128 e. The van der Waals surface area contributed by atoms with Gasteiger partial charge in [-0.15, -0.1) is 11.6 Å². The molecule has 0 amide bonds. The van der Waals surface area contributed by atoms with E-state index in [0.717, 1.165) is 25.2 Å². The van der Waals surface area contributed by atoms with Gasteiger partial charge in [0, 0.05) is 24.7 Å². The van der Waals surface area contributed by atoms with Gasteiger partial charge in [-0.3, -0.25) is 0 Å². The molecule has 1 unspecified atom stereocenters. The largest absolute Gasteiger partial charge is 0.360 e. The Morgan fingerprint density at radius 1 is 1.44 bits per heavy atom. The molecule has 0 bridgehead atoms. The van der Waals surface area contributed by atoms with Gasteiger partial charge in [-0.1, -0.05) is 6.07 Å². The molecule has 2 rings (SSSR count). The molecule has 0 radical (unpaired) electrons. The predicted molar refractivity (Wildman–Crippen MR) is 69.5 cm³/mol. The molecule has 0 fully saturated rings. The number of nitrogens with zero attached hydrogens (tertiary/aromatic N) is 2. The minimum atomic E-state index is 0.233. The van der Waals surface area contributed by atoms with Crippen molar-refractivity contribution in [1.82, 2.24) is 4.98 Å². The van der Waals surface area contributed by atoms with Crippen LogP contribution in [0.5, 0.6) is 0 Å². The van der Waals surface area contributed by atoms with E-state index in [-0.39, 0.29) is 5.38 Å². The van der Waals surface area contributed by atoms with Gasteiger partial charge in [0.05, 0.1) is 0 Å². The van der Waals surface area contributed by atoms with E-state index in [9.17, 15) is 0 Å². The summed E-state index contributed by atoms with van der Waals surface area (Å²) in [5, 5.41) is 0.233. The van der Waals surface area contributed by atoms with Crippen molar-refractivity contribution in [3.63, 3.8) is 0 Å². The van der Waals surface area contributed by atoms with Crippen molar-refractivity contribution in [2.75, 3.05) is 18.5 Å². The predicted octanol–water partition coefficient (Wildman–Crippen LogP) is 3.02. The van der Waals surface area contributed by atoms with Gasteiger partial charge < -0.3 is 4.90 Å². The van der Waals surface area contributed by atoms with Crippen molar-refractivity contribution >= 4 is 17.4 Å². The van der Waals surface area contributed by atoms with Crippen LogP contribution in [0.1, 0.15) is 31.0 Å². The summed E-state index contributed by atoms with van der Waals surface area (Å²) in [6, 6.07) is 4.36. The third-order valence-electron chi connectivity index (χ3n) is 3.17. The van der Waals surface area contributed by atoms with E-state index in [2.05, 4.69) is 24.1 Å². The van der Waals surface area contributed by atoms with E-state index in [4.69, 9.17) is 16.6 Å². The second-order valence-electron chi connectivity index (χ2n) is 4.62. The highest BCUT2D eigenvalue weighted by atomic mass is 35.5. The first-order valence-electron chi connectivity index (χ1n) is 6.01. The highest BCUT2D eigenvalue weighted by Gasteiger charge is 2.13. The molecule has 16 heavy (non-hydrogen) atoms. The number of hydrogen-bond acceptors (Lipinski definition) is 2. The third kappa shape index (κ3) is 2.67. The van der Waals surface area contributed by atoms with Gasteiger partial charge in [0.1, 0.15) is 5.82 Å². The van der Waals surface area contributed by atoms with Gasteiger partial charge in [0.2, 0.25) is 0 Å². The van der Waals surface area contributed by atoms with Gasteiger partial charge in [-0.05, 0) is 44.2 Å². The molecule has 1 aliphatic carbocycles. The van der Waals surface area contributed by atoms with Crippen molar-refractivity contribution in [3.8, 4) is 0 Å². The molecule has 88 valence electrons. The van der Waals surface area contributed by atoms with E-state index in [1.807, 2.05) is 6.92 Å². The van der Waals surface area contributed by atoms with Gasteiger partial charge in [-0.2, -0.15) is 0 Å². The van der Waals surface area contributed by atoms with Gasteiger partial charge in [-0.25, -0.2) is 4.98 Å². The lowest BCUT2D eigenvalue weighted by Crippen LogP contribution is -2.21.